The van der Waals surface area contributed by atoms with Crippen molar-refractivity contribution in [3.05, 3.63) is 82.2 Å². The number of Topliss-reactive ketones (excluding diaryl/α,β-unsaturated/α-hetero) is 1. The van der Waals surface area contributed by atoms with Gasteiger partial charge in [-0.2, -0.15) is 0 Å². The Morgan fingerprint density at radius 1 is 1.09 bits per heavy atom. The second-order valence-electron chi connectivity index (χ2n) is 9.00. The molecule has 2 aromatic carbocycles. The van der Waals surface area contributed by atoms with E-state index in [0.717, 1.165) is 28.2 Å². The van der Waals surface area contributed by atoms with Crippen LogP contribution in [-0.2, 0) is 14.3 Å². The number of carbonyl (C=O) groups is 2. The largest absolute Gasteiger partial charge is 0.497 e. The maximum atomic E-state index is 13.6. The SMILES string of the molecule is CCOC(=O)C1=C(C)NC2=C(C(=O)C[C@H](c3ccc(N(C)C)cc3)C2)[C@@H]1c1cccc(OC)c1. The molecule has 0 saturated heterocycles. The van der Waals surface area contributed by atoms with Gasteiger partial charge in [-0.3, -0.25) is 4.79 Å². The summed E-state index contributed by atoms with van der Waals surface area (Å²) >= 11 is 0. The predicted octanol–water partition coefficient (Wildman–Crippen LogP) is 4.69. The number of nitrogens with one attached hydrogen (secondary N) is 1. The summed E-state index contributed by atoms with van der Waals surface area (Å²) in [6, 6.07) is 16.0. The number of allylic oxidation sites excluding steroid dienone is 3. The van der Waals surface area contributed by atoms with Crippen molar-refractivity contribution in [2.75, 3.05) is 32.7 Å². The molecule has 0 aromatic heterocycles. The molecule has 6 heteroatoms. The van der Waals surface area contributed by atoms with Crippen molar-refractivity contribution < 1.29 is 19.1 Å². The monoisotopic (exact) mass is 460 g/mol. The number of ether oxygens (including phenoxy) is 2. The van der Waals surface area contributed by atoms with Crippen LogP contribution in [-0.4, -0.2) is 39.6 Å². The summed E-state index contributed by atoms with van der Waals surface area (Å²) in [6.07, 6.45) is 1.10. The molecule has 0 bridgehead atoms. The van der Waals surface area contributed by atoms with Crippen molar-refractivity contribution in [2.24, 2.45) is 0 Å². The van der Waals surface area contributed by atoms with E-state index in [4.69, 9.17) is 9.47 Å². The normalized spacial score (nSPS) is 20.0. The number of ketones is 1. The van der Waals surface area contributed by atoms with Gasteiger partial charge in [-0.05, 0) is 61.6 Å². The number of dihydropyridines is 1. The number of methoxy groups -OCH3 is 1. The maximum Gasteiger partial charge on any atom is 0.336 e. The highest BCUT2D eigenvalue weighted by Gasteiger charge is 2.41. The third kappa shape index (κ3) is 4.45. The predicted molar refractivity (Wildman–Crippen MR) is 133 cm³/mol. The van der Waals surface area contributed by atoms with Crippen LogP contribution < -0.4 is 15.0 Å². The summed E-state index contributed by atoms with van der Waals surface area (Å²) in [4.78, 5) is 28.7. The van der Waals surface area contributed by atoms with Gasteiger partial charge in [0, 0.05) is 49.1 Å². The molecule has 1 N–H and O–H groups in total. The summed E-state index contributed by atoms with van der Waals surface area (Å²) in [5, 5.41) is 3.39. The number of hydrogen-bond acceptors (Lipinski definition) is 6. The van der Waals surface area contributed by atoms with E-state index < -0.39 is 11.9 Å². The van der Waals surface area contributed by atoms with Crippen molar-refractivity contribution in [1.82, 2.24) is 5.32 Å². The average Bonchev–Trinajstić information content (AvgIpc) is 2.83. The summed E-state index contributed by atoms with van der Waals surface area (Å²) in [5.74, 6) is -0.0763. The van der Waals surface area contributed by atoms with E-state index in [1.807, 2.05) is 45.3 Å². The zero-order valence-electron chi connectivity index (χ0n) is 20.5. The molecule has 0 saturated carbocycles. The first-order chi connectivity index (χ1) is 16.3. The van der Waals surface area contributed by atoms with Crippen molar-refractivity contribution in [3.8, 4) is 5.75 Å². The summed E-state index contributed by atoms with van der Waals surface area (Å²) in [6.45, 7) is 3.93. The zero-order chi connectivity index (χ0) is 24.4. The topological polar surface area (TPSA) is 67.9 Å². The van der Waals surface area contributed by atoms with Crippen molar-refractivity contribution in [3.63, 3.8) is 0 Å². The van der Waals surface area contributed by atoms with E-state index in [0.29, 0.717) is 29.7 Å². The molecule has 4 rings (SSSR count). The molecule has 2 atom stereocenters. The molecule has 0 amide bonds. The van der Waals surface area contributed by atoms with Gasteiger partial charge in [0.25, 0.3) is 0 Å². The minimum Gasteiger partial charge on any atom is -0.497 e. The molecule has 0 unspecified atom stereocenters. The Morgan fingerprint density at radius 2 is 1.82 bits per heavy atom. The molecular weight excluding hydrogens is 428 g/mol. The zero-order valence-corrected chi connectivity index (χ0v) is 20.5. The van der Waals surface area contributed by atoms with Gasteiger partial charge >= 0.3 is 5.97 Å². The first-order valence-corrected chi connectivity index (χ1v) is 11.7. The molecule has 1 aliphatic heterocycles. The third-order valence-corrected chi connectivity index (χ3v) is 6.63. The lowest BCUT2D eigenvalue weighted by Crippen LogP contribution is -2.36. The van der Waals surface area contributed by atoms with Crippen LogP contribution in [0.15, 0.2) is 71.1 Å². The van der Waals surface area contributed by atoms with E-state index in [2.05, 4.69) is 34.5 Å². The van der Waals surface area contributed by atoms with Crippen molar-refractivity contribution in [2.45, 2.75) is 38.5 Å². The number of esters is 1. The molecule has 2 aliphatic rings. The number of hydrogen-bond donors (Lipinski definition) is 1. The lowest BCUT2D eigenvalue weighted by Gasteiger charge is -2.36. The van der Waals surface area contributed by atoms with E-state index >= 15 is 0 Å². The average molecular weight is 461 g/mol. The van der Waals surface area contributed by atoms with Crippen LogP contribution in [0.1, 0.15) is 49.7 Å². The fourth-order valence-corrected chi connectivity index (χ4v) is 4.95. The van der Waals surface area contributed by atoms with Crippen LogP contribution in [0.3, 0.4) is 0 Å². The summed E-state index contributed by atoms with van der Waals surface area (Å²) in [7, 11) is 5.63. The Kier molecular flexibility index (Phi) is 6.77. The highest BCUT2D eigenvalue weighted by atomic mass is 16.5. The molecule has 1 heterocycles. The smallest absolute Gasteiger partial charge is 0.336 e. The highest BCUT2D eigenvalue weighted by Crippen LogP contribution is 2.46. The van der Waals surface area contributed by atoms with Gasteiger partial charge in [-0.15, -0.1) is 0 Å². The van der Waals surface area contributed by atoms with Crippen LogP contribution in [0.4, 0.5) is 5.69 Å². The van der Waals surface area contributed by atoms with Crippen LogP contribution in [0, 0.1) is 0 Å². The molecule has 178 valence electrons. The Hall–Kier alpha value is -3.54. The number of rotatable bonds is 6. The van der Waals surface area contributed by atoms with Crippen molar-refractivity contribution >= 4 is 17.4 Å². The highest BCUT2D eigenvalue weighted by molar-refractivity contribution is 6.04. The quantitative estimate of drug-likeness (QED) is 0.631. The summed E-state index contributed by atoms with van der Waals surface area (Å²) in [5.41, 5.74) is 5.86. The summed E-state index contributed by atoms with van der Waals surface area (Å²) < 4.78 is 10.8. The third-order valence-electron chi connectivity index (χ3n) is 6.63. The van der Waals surface area contributed by atoms with E-state index in [1.165, 1.54) is 0 Å². The standard InChI is InChI=1S/C28H32N2O4/c1-6-34-28(32)25-17(2)29-23-15-20(18-10-12-21(13-11-18)30(3)4)16-24(31)27(23)26(25)19-8-7-9-22(14-19)33-5/h7-14,20,26,29H,6,15-16H2,1-5H3/t20-,26-/m1/s1. The molecule has 6 nitrogen and oxygen atoms in total. The number of carbonyl (C=O) groups excluding carboxylic acids is 2. The maximum absolute atomic E-state index is 13.6. The molecule has 0 fully saturated rings. The van der Waals surface area contributed by atoms with Gasteiger partial charge in [0.15, 0.2) is 5.78 Å². The van der Waals surface area contributed by atoms with Crippen LogP contribution in [0.5, 0.6) is 5.75 Å². The Labute approximate surface area is 201 Å². The van der Waals surface area contributed by atoms with Gasteiger partial charge in [0.2, 0.25) is 0 Å². The molecule has 0 spiro atoms. The molecule has 34 heavy (non-hydrogen) atoms. The van der Waals surface area contributed by atoms with Crippen LogP contribution in [0.25, 0.3) is 0 Å². The minimum atomic E-state index is -0.491. The van der Waals surface area contributed by atoms with Crippen LogP contribution >= 0.6 is 0 Å². The number of nitrogens with zero attached hydrogens (tertiary/aromatic N) is 1. The van der Waals surface area contributed by atoms with E-state index in [1.54, 1.807) is 14.0 Å². The Morgan fingerprint density at radius 3 is 2.47 bits per heavy atom. The van der Waals surface area contributed by atoms with Gasteiger partial charge in [-0.1, -0.05) is 24.3 Å². The van der Waals surface area contributed by atoms with Crippen LogP contribution in [0.2, 0.25) is 0 Å². The first-order valence-electron chi connectivity index (χ1n) is 11.7. The lowest BCUT2D eigenvalue weighted by molar-refractivity contribution is -0.138. The fourth-order valence-electron chi connectivity index (χ4n) is 4.95. The molecule has 1 aliphatic carbocycles. The van der Waals surface area contributed by atoms with E-state index in [9.17, 15) is 9.59 Å². The molecule has 0 radical (unpaired) electrons. The second-order valence-corrected chi connectivity index (χ2v) is 9.00. The first kappa shape index (κ1) is 23.6. The van der Waals surface area contributed by atoms with Gasteiger partial charge in [0.1, 0.15) is 5.75 Å². The van der Waals surface area contributed by atoms with Gasteiger partial charge < -0.3 is 19.7 Å². The van der Waals surface area contributed by atoms with Crippen molar-refractivity contribution in [1.29, 1.82) is 0 Å². The Bertz CT molecular complexity index is 1160. The molecular formula is C28H32N2O4. The minimum absolute atomic E-state index is 0.0533. The van der Waals surface area contributed by atoms with E-state index in [-0.39, 0.29) is 18.3 Å². The number of benzene rings is 2. The van der Waals surface area contributed by atoms with Gasteiger partial charge in [-0.25, -0.2) is 4.79 Å². The molecule has 2 aromatic rings. The Balaban J connectivity index is 1.76. The number of anilines is 1. The van der Waals surface area contributed by atoms with Gasteiger partial charge in [0.05, 0.1) is 19.3 Å². The fraction of sp³-hybridized carbons (Fsp3) is 0.357. The lowest BCUT2D eigenvalue weighted by atomic mass is 9.71. The second kappa shape index (κ2) is 9.75.